The molecular weight excluding hydrogens is 448 g/mol. The van der Waals surface area contributed by atoms with Gasteiger partial charge in [0.05, 0.1) is 0 Å². The van der Waals surface area contributed by atoms with Crippen LogP contribution in [0.1, 0.15) is 10.4 Å². The topological polar surface area (TPSA) is 34.1 Å². The Balaban J connectivity index is 0.000000197. The first kappa shape index (κ1) is 19.0. The van der Waals surface area contributed by atoms with E-state index in [4.69, 9.17) is 0 Å². The predicted molar refractivity (Wildman–Crippen MR) is 101 cm³/mol. The summed E-state index contributed by atoms with van der Waals surface area (Å²) in [4.78, 5) is 21.2. The average molecular weight is 460 g/mol. The second-order valence-electron chi connectivity index (χ2n) is 3.69. The molecule has 0 saturated heterocycles. The van der Waals surface area contributed by atoms with Crippen LogP contribution in [0.25, 0.3) is 0 Å². The molecule has 0 saturated carbocycles. The molecule has 0 N–H and O–H groups in total. The zero-order valence-electron chi connectivity index (χ0n) is 11.3. The molecule has 6 heteroatoms. The number of Topliss-reactive ketones (excluding diaryl/α,β-unsaturated/α-hetero) is 1. The molecule has 3 rings (SSSR count). The van der Waals surface area contributed by atoms with Crippen molar-refractivity contribution in [3.8, 4) is 0 Å². The molecule has 0 unspecified atom stereocenters. The Labute approximate surface area is 154 Å². The van der Waals surface area contributed by atoms with Crippen LogP contribution in [-0.4, -0.2) is 12.1 Å². The first-order valence-electron chi connectivity index (χ1n) is 6.04. The summed E-state index contributed by atoms with van der Waals surface area (Å²) in [5.74, 6) is -0.525. The zero-order valence-corrected chi connectivity index (χ0v) is 16.1. The molecule has 0 aliphatic rings. The van der Waals surface area contributed by atoms with Crippen molar-refractivity contribution in [2.24, 2.45) is 0 Å². The third kappa shape index (κ3) is 7.79. The van der Waals surface area contributed by atoms with Gasteiger partial charge in [0.15, 0.2) is 6.29 Å². The fourth-order valence-electron chi connectivity index (χ4n) is 1.20. The van der Waals surface area contributed by atoms with Crippen LogP contribution in [0.15, 0.2) is 72.9 Å². The van der Waals surface area contributed by atoms with Crippen LogP contribution in [0.2, 0.25) is 0 Å². The van der Waals surface area contributed by atoms with Gasteiger partial charge in [0.2, 0.25) is 5.78 Å². The van der Waals surface area contributed by atoms with Gasteiger partial charge >= 0.3 is 0 Å². The summed E-state index contributed by atoms with van der Waals surface area (Å²) < 4.78 is 1.40. The van der Waals surface area contributed by atoms with Gasteiger partial charge in [-0.2, -0.15) is 22.7 Å². The maximum atomic E-state index is 11.0. The summed E-state index contributed by atoms with van der Waals surface area (Å²) in [6.45, 7) is 0. The minimum absolute atomic E-state index is 0.298. The SMILES string of the molecule is O=CC(=O)c1cc(Br)ccc1Br.c1ccsc1.c1ccsc1. The van der Waals surface area contributed by atoms with Crippen molar-refractivity contribution in [1.29, 1.82) is 0 Å². The molecule has 0 fully saturated rings. The van der Waals surface area contributed by atoms with E-state index >= 15 is 0 Å². The van der Waals surface area contributed by atoms with Gasteiger partial charge in [-0.05, 0) is 39.7 Å². The van der Waals surface area contributed by atoms with E-state index in [1.807, 2.05) is 45.8 Å². The van der Waals surface area contributed by atoms with E-state index < -0.39 is 5.78 Å². The van der Waals surface area contributed by atoms with Gasteiger partial charge in [-0.15, -0.1) is 0 Å². The van der Waals surface area contributed by atoms with E-state index in [0.29, 0.717) is 16.3 Å². The summed E-state index contributed by atoms with van der Waals surface area (Å²) >= 11 is 9.80. The van der Waals surface area contributed by atoms with Crippen LogP contribution < -0.4 is 0 Å². The molecule has 2 aromatic heterocycles. The third-order valence-corrected chi connectivity index (χ3v) is 4.59. The van der Waals surface area contributed by atoms with Gasteiger partial charge in [-0.25, -0.2) is 0 Å². The fraction of sp³-hybridized carbons (Fsp3) is 0. The quantitative estimate of drug-likeness (QED) is 0.264. The van der Waals surface area contributed by atoms with E-state index in [9.17, 15) is 9.59 Å². The third-order valence-electron chi connectivity index (χ3n) is 2.15. The Hall–Kier alpha value is -1.08. The van der Waals surface area contributed by atoms with E-state index in [1.54, 1.807) is 40.9 Å². The standard InChI is InChI=1S/C8H4Br2O2.2C4H4S/c9-5-1-2-7(10)6(3-5)8(12)4-11;2*1-2-4-5-3-1/h1-4H;2*1-4H. The highest BCUT2D eigenvalue weighted by Crippen LogP contribution is 2.21. The smallest absolute Gasteiger partial charge is 0.226 e. The molecule has 0 radical (unpaired) electrons. The zero-order chi connectivity index (χ0) is 16.2. The molecule has 3 aromatic rings. The number of carbonyl (C=O) groups excluding carboxylic acids is 2. The molecule has 0 atom stereocenters. The van der Waals surface area contributed by atoms with Crippen LogP contribution >= 0.6 is 54.5 Å². The number of benzene rings is 1. The van der Waals surface area contributed by atoms with E-state index in [0.717, 1.165) is 4.47 Å². The van der Waals surface area contributed by atoms with Gasteiger partial charge in [-0.1, -0.05) is 56.1 Å². The van der Waals surface area contributed by atoms with Crippen LogP contribution in [0.5, 0.6) is 0 Å². The summed E-state index contributed by atoms with van der Waals surface area (Å²) in [6, 6.07) is 13.2. The molecule has 22 heavy (non-hydrogen) atoms. The number of aldehydes is 1. The number of carbonyl (C=O) groups is 2. The van der Waals surface area contributed by atoms with Gasteiger partial charge < -0.3 is 0 Å². The molecule has 0 aliphatic heterocycles. The van der Waals surface area contributed by atoms with Crippen molar-refractivity contribution in [3.63, 3.8) is 0 Å². The van der Waals surface area contributed by atoms with Crippen molar-refractivity contribution < 1.29 is 9.59 Å². The Morgan fingerprint density at radius 3 is 1.77 bits per heavy atom. The highest BCUT2D eigenvalue weighted by atomic mass is 79.9. The summed E-state index contributed by atoms with van der Waals surface area (Å²) in [5, 5.41) is 8.17. The van der Waals surface area contributed by atoms with Crippen LogP contribution in [-0.2, 0) is 4.79 Å². The Morgan fingerprint density at radius 1 is 0.909 bits per heavy atom. The first-order chi connectivity index (χ1) is 10.6. The first-order valence-corrected chi connectivity index (χ1v) is 9.51. The number of hydrogen-bond donors (Lipinski definition) is 0. The van der Waals surface area contributed by atoms with E-state index in [1.165, 1.54) is 0 Å². The largest absolute Gasteiger partial charge is 0.294 e. The summed E-state index contributed by atoms with van der Waals surface area (Å²) in [5.41, 5.74) is 0.374. The van der Waals surface area contributed by atoms with Crippen LogP contribution in [0, 0.1) is 0 Å². The minimum atomic E-state index is -0.525. The second kappa shape index (κ2) is 11.5. The number of hydrogen-bond acceptors (Lipinski definition) is 4. The normalized spacial score (nSPS) is 8.82. The second-order valence-corrected chi connectivity index (χ2v) is 7.10. The van der Waals surface area contributed by atoms with Crippen molar-refractivity contribution in [2.45, 2.75) is 0 Å². The number of ketones is 1. The minimum Gasteiger partial charge on any atom is -0.294 e. The molecule has 0 bridgehead atoms. The maximum Gasteiger partial charge on any atom is 0.226 e. The maximum absolute atomic E-state index is 11.0. The van der Waals surface area contributed by atoms with E-state index in [-0.39, 0.29) is 0 Å². The lowest BCUT2D eigenvalue weighted by Crippen LogP contribution is -2.00. The lowest BCUT2D eigenvalue weighted by molar-refractivity contribution is -0.104. The molecule has 1 aromatic carbocycles. The number of halogens is 2. The number of thiophene rings is 2. The summed E-state index contributed by atoms with van der Waals surface area (Å²) in [7, 11) is 0. The van der Waals surface area contributed by atoms with Crippen molar-refractivity contribution >= 4 is 66.6 Å². The molecule has 0 amide bonds. The highest BCUT2D eigenvalue weighted by molar-refractivity contribution is 9.11. The Morgan fingerprint density at radius 2 is 1.41 bits per heavy atom. The van der Waals surface area contributed by atoms with Crippen LogP contribution in [0.4, 0.5) is 0 Å². The van der Waals surface area contributed by atoms with Gasteiger partial charge in [0.25, 0.3) is 0 Å². The summed E-state index contributed by atoms with van der Waals surface area (Å²) in [6.07, 6.45) is 0.298. The average Bonchev–Trinajstić information content (AvgIpc) is 3.26. The molecule has 114 valence electrons. The Kier molecular flexibility index (Phi) is 9.90. The molecular formula is C16H12Br2O2S2. The molecule has 0 spiro atoms. The molecule has 2 nitrogen and oxygen atoms in total. The van der Waals surface area contributed by atoms with Gasteiger partial charge in [-0.3, -0.25) is 9.59 Å². The van der Waals surface area contributed by atoms with Crippen LogP contribution in [0.3, 0.4) is 0 Å². The monoisotopic (exact) mass is 458 g/mol. The molecule has 2 heterocycles. The van der Waals surface area contributed by atoms with Crippen molar-refractivity contribution in [1.82, 2.24) is 0 Å². The Bertz CT molecular complexity index is 605. The van der Waals surface area contributed by atoms with Gasteiger partial charge in [0, 0.05) is 14.5 Å². The lowest BCUT2D eigenvalue weighted by atomic mass is 10.1. The van der Waals surface area contributed by atoms with Crippen molar-refractivity contribution in [2.75, 3.05) is 0 Å². The van der Waals surface area contributed by atoms with E-state index in [2.05, 4.69) is 31.9 Å². The predicted octanol–water partition coefficient (Wildman–Crippen LogP) is 6.09. The molecule has 0 aliphatic carbocycles. The highest BCUT2D eigenvalue weighted by Gasteiger charge is 2.08. The lowest BCUT2D eigenvalue weighted by Gasteiger charge is -1.98. The number of rotatable bonds is 2. The fourth-order valence-corrected chi connectivity index (χ4v) is 2.91. The van der Waals surface area contributed by atoms with Gasteiger partial charge in [0.1, 0.15) is 0 Å². The van der Waals surface area contributed by atoms with Crippen molar-refractivity contribution in [3.05, 3.63) is 78.5 Å².